The molecule has 122 valence electrons. The van der Waals surface area contributed by atoms with Gasteiger partial charge in [0.25, 0.3) is 5.91 Å². The van der Waals surface area contributed by atoms with Crippen molar-refractivity contribution in [1.29, 1.82) is 0 Å². The zero-order valence-corrected chi connectivity index (χ0v) is 14.1. The Morgan fingerprint density at radius 3 is 2.87 bits per heavy atom. The van der Waals surface area contributed by atoms with Gasteiger partial charge in [-0.25, -0.2) is 4.39 Å². The van der Waals surface area contributed by atoms with Gasteiger partial charge >= 0.3 is 5.97 Å². The maximum Gasteiger partial charge on any atom is 0.316 e. The van der Waals surface area contributed by atoms with E-state index in [0.717, 1.165) is 5.75 Å². The molecule has 1 atom stereocenters. The van der Waals surface area contributed by atoms with E-state index in [2.05, 4.69) is 5.32 Å². The lowest BCUT2D eigenvalue weighted by molar-refractivity contribution is -0.150. The summed E-state index contributed by atoms with van der Waals surface area (Å²) in [4.78, 5) is 24.8. The molecule has 1 aromatic carbocycles. The van der Waals surface area contributed by atoms with Crippen LogP contribution in [0.1, 0.15) is 11.8 Å². The fourth-order valence-electron chi connectivity index (χ4n) is 1.72. The number of anilines is 1. The fraction of sp³-hybridized carbons (Fsp3) is 0.250. The first kappa shape index (κ1) is 17.5. The van der Waals surface area contributed by atoms with Crippen molar-refractivity contribution < 1.29 is 18.7 Å². The number of hydrogen-bond donors (Lipinski definition) is 1. The lowest BCUT2D eigenvalue weighted by Gasteiger charge is -2.13. The minimum absolute atomic E-state index is 0.176. The molecule has 0 aliphatic heterocycles. The van der Waals surface area contributed by atoms with E-state index < -0.39 is 23.8 Å². The quantitative estimate of drug-likeness (QED) is 0.772. The van der Waals surface area contributed by atoms with E-state index in [0.29, 0.717) is 5.69 Å². The lowest BCUT2D eigenvalue weighted by Crippen LogP contribution is -2.30. The van der Waals surface area contributed by atoms with E-state index in [1.165, 1.54) is 41.8 Å². The van der Waals surface area contributed by atoms with E-state index >= 15 is 0 Å². The Bertz CT molecular complexity index is 661. The molecular formula is C16H16FNO3S2. The number of hydrogen-bond acceptors (Lipinski definition) is 5. The van der Waals surface area contributed by atoms with Crippen LogP contribution in [0.5, 0.6) is 0 Å². The number of rotatable bonds is 7. The van der Waals surface area contributed by atoms with Gasteiger partial charge in [0.15, 0.2) is 6.10 Å². The molecule has 1 heterocycles. The van der Waals surface area contributed by atoms with Gasteiger partial charge in [-0.15, -0.1) is 23.1 Å². The average Bonchev–Trinajstić information content (AvgIpc) is 3.00. The van der Waals surface area contributed by atoms with Crippen molar-refractivity contribution in [2.75, 3.05) is 11.1 Å². The molecule has 0 fully saturated rings. The summed E-state index contributed by atoms with van der Waals surface area (Å²) < 4.78 is 18.1. The second-order valence-corrected chi connectivity index (χ2v) is 6.72. The summed E-state index contributed by atoms with van der Waals surface area (Å²) in [6.07, 6.45) is -0.937. The molecule has 0 saturated heterocycles. The zero-order chi connectivity index (χ0) is 16.7. The van der Waals surface area contributed by atoms with Gasteiger partial charge in [-0.1, -0.05) is 12.1 Å². The third-order valence-corrected chi connectivity index (χ3v) is 4.83. The maximum absolute atomic E-state index is 13.0. The van der Waals surface area contributed by atoms with Crippen LogP contribution >= 0.6 is 23.1 Å². The van der Waals surface area contributed by atoms with Gasteiger partial charge in [0.2, 0.25) is 0 Å². The largest absolute Gasteiger partial charge is 0.452 e. The van der Waals surface area contributed by atoms with Crippen LogP contribution in [0.25, 0.3) is 0 Å². The molecule has 2 rings (SSSR count). The zero-order valence-electron chi connectivity index (χ0n) is 12.5. The van der Waals surface area contributed by atoms with Crippen molar-refractivity contribution in [3.05, 3.63) is 52.5 Å². The number of halogens is 1. The second-order valence-electron chi connectivity index (χ2n) is 4.70. The molecule has 1 amide bonds. The molecule has 0 aliphatic carbocycles. The minimum atomic E-state index is -0.937. The molecule has 0 spiro atoms. The first-order valence-corrected chi connectivity index (χ1v) is 8.94. The van der Waals surface area contributed by atoms with Crippen molar-refractivity contribution in [3.63, 3.8) is 0 Å². The highest BCUT2D eigenvalue weighted by Gasteiger charge is 2.18. The summed E-state index contributed by atoms with van der Waals surface area (Å²) in [6, 6.07) is 9.48. The van der Waals surface area contributed by atoms with Gasteiger partial charge in [-0.05, 0) is 36.6 Å². The highest BCUT2D eigenvalue weighted by molar-refractivity contribution is 7.99. The molecule has 0 aliphatic rings. The summed E-state index contributed by atoms with van der Waals surface area (Å²) in [5.74, 6) is -0.482. The van der Waals surface area contributed by atoms with Gasteiger partial charge < -0.3 is 10.1 Å². The third-order valence-electron chi connectivity index (χ3n) is 2.81. The summed E-state index contributed by atoms with van der Waals surface area (Å²) in [5, 5.41) is 4.48. The van der Waals surface area contributed by atoms with Gasteiger partial charge in [-0.2, -0.15) is 0 Å². The molecule has 7 heteroatoms. The van der Waals surface area contributed by atoms with Crippen LogP contribution in [0.4, 0.5) is 10.1 Å². The van der Waals surface area contributed by atoms with E-state index in [9.17, 15) is 14.0 Å². The summed E-state index contributed by atoms with van der Waals surface area (Å²) in [6.45, 7) is 1.48. The molecule has 23 heavy (non-hydrogen) atoms. The van der Waals surface area contributed by atoms with Gasteiger partial charge in [0.1, 0.15) is 5.82 Å². The van der Waals surface area contributed by atoms with Crippen molar-refractivity contribution in [2.45, 2.75) is 18.8 Å². The molecule has 1 aromatic heterocycles. The monoisotopic (exact) mass is 353 g/mol. The Labute approximate surface area is 142 Å². The number of thioether (sulfide) groups is 1. The van der Waals surface area contributed by atoms with E-state index in [4.69, 9.17) is 4.74 Å². The predicted octanol–water partition coefficient (Wildman–Crippen LogP) is 3.69. The molecule has 0 bridgehead atoms. The molecule has 2 aromatic rings. The van der Waals surface area contributed by atoms with Crippen LogP contribution in [-0.4, -0.2) is 23.7 Å². The van der Waals surface area contributed by atoms with E-state index in [-0.39, 0.29) is 5.75 Å². The number of esters is 1. The Morgan fingerprint density at radius 1 is 1.35 bits per heavy atom. The number of amides is 1. The summed E-state index contributed by atoms with van der Waals surface area (Å²) >= 11 is 3.06. The third kappa shape index (κ3) is 6.03. The standard InChI is InChI=1S/C16H16FNO3S2/c1-11(16(20)18-13-5-2-4-12(17)8-13)21-15(19)10-22-9-14-6-3-7-23-14/h2-8,11H,9-10H2,1H3,(H,18,20)/t11-/m0/s1. The Morgan fingerprint density at radius 2 is 2.17 bits per heavy atom. The first-order valence-electron chi connectivity index (χ1n) is 6.90. The molecular weight excluding hydrogens is 337 g/mol. The van der Waals surface area contributed by atoms with Crippen molar-refractivity contribution in [1.82, 2.24) is 0 Å². The fourth-order valence-corrected chi connectivity index (χ4v) is 3.37. The molecule has 0 radical (unpaired) electrons. The van der Waals surface area contributed by atoms with Crippen LogP contribution < -0.4 is 5.32 Å². The predicted molar refractivity (Wildman–Crippen MR) is 91.1 cm³/mol. The Hall–Kier alpha value is -1.86. The first-order chi connectivity index (χ1) is 11.0. The van der Waals surface area contributed by atoms with Crippen molar-refractivity contribution >= 4 is 40.7 Å². The molecule has 4 nitrogen and oxygen atoms in total. The van der Waals surface area contributed by atoms with Crippen molar-refractivity contribution in [3.8, 4) is 0 Å². The van der Waals surface area contributed by atoms with Crippen LogP contribution in [0, 0.1) is 5.82 Å². The number of carbonyl (C=O) groups excluding carboxylic acids is 2. The Kier molecular flexibility index (Phi) is 6.61. The number of thiophene rings is 1. The second kappa shape index (κ2) is 8.69. The van der Waals surface area contributed by atoms with Crippen LogP contribution in [0.15, 0.2) is 41.8 Å². The maximum atomic E-state index is 13.0. The van der Waals surface area contributed by atoms with Gasteiger partial charge in [0.05, 0.1) is 5.75 Å². The smallest absolute Gasteiger partial charge is 0.316 e. The van der Waals surface area contributed by atoms with E-state index in [1.54, 1.807) is 17.4 Å². The van der Waals surface area contributed by atoms with Crippen LogP contribution in [0.2, 0.25) is 0 Å². The van der Waals surface area contributed by atoms with E-state index in [1.807, 2.05) is 17.5 Å². The van der Waals surface area contributed by atoms with Crippen molar-refractivity contribution in [2.24, 2.45) is 0 Å². The van der Waals surface area contributed by atoms with Gasteiger partial charge in [0, 0.05) is 16.3 Å². The SMILES string of the molecule is C[C@H](OC(=O)CSCc1cccs1)C(=O)Nc1cccc(F)c1. The molecule has 0 saturated carbocycles. The number of ether oxygens (including phenoxy) is 1. The lowest BCUT2D eigenvalue weighted by atomic mass is 10.3. The summed E-state index contributed by atoms with van der Waals surface area (Å²) in [7, 11) is 0. The summed E-state index contributed by atoms with van der Waals surface area (Å²) in [5.41, 5.74) is 0.324. The van der Waals surface area contributed by atoms with Gasteiger partial charge in [-0.3, -0.25) is 9.59 Å². The highest BCUT2D eigenvalue weighted by atomic mass is 32.2. The topological polar surface area (TPSA) is 55.4 Å². The van der Waals surface area contributed by atoms with Crippen LogP contribution in [0.3, 0.4) is 0 Å². The Balaban J connectivity index is 1.73. The minimum Gasteiger partial charge on any atom is -0.452 e. The number of carbonyl (C=O) groups is 2. The highest BCUT2D eigenvalue weighted by Crippen LogP contribution is 2.17. The normalized spacial score (nSPS) is 11.7. The molecule has 0 unspecified atom stereocenters. The number of nitrogens with one attached hydrogen (secondary N) is 1. The number of benzene rings is 1. The average molecular weight is 353 g/mol. The van der Waals surface area contributed by atoms with Crippen LogP contribution in [-0.2, 0) is 20.1 Å². The molecule has 1 N–H and O–H groups in total.